The van der Waals surface area contributed by atoms with Crippen LogP contribution in [-0.4, -0.2) is 11.7 Å². The first kappa shape index (κ1) is 9.40. The molecule has 0 saturated carbocycles. The monoisotopic (exact) mass is 199 g/mol. The molecule has 1 aliphatic heterocycles. The van der Waals surface area contributed by atoms with Crippen LogP contribution in [-0.2, 0) is 0 Å². The molecule has 0 bridgehead atoms. The van der Waals surface area contributed by atoms with E-state index in [9.17, 15) is 13.9 Å². The lowest BCUT2D eigenvalue weighted by atomic mass is 10.0. The smallest absolute Gasteiger partial charge is 0.134 e. The highest BCUT2D eigenvalue weighted by molar-refractivity contribution is 5.37. The molecule has 1 fully saturated rings. The summed E-state index contributed by atoms with van der Waals surface area (Å²) in [4.78, 5) is 0. The van der Waals surface area contributed by atoms with Gasteiger partial charge in [-0.25, -0.2) is 8.78 Å². The molecule has 76 valence electrons. The third kappa shape index (κ3) is 1.57. The van der Waals surface area contributed by atoms with E-state index in [2.05, 4.69) is 5.32 Å². The number of phenolic OH excluding ortho intramolecular Hbond substituents is 1. The average molecular weight is 199 g/mol. The van der Waals surface area contributed by atoms with Gasteiger partial charge in [0.2, 0.25) is 0 Å². The number of aromatic hydroxyl groups is 1. The minimum absolute atomic E-state index is 0.184. The maximum Gasteiger partial charge on any atom is 0.134 e. The number of halogens is 2. The van der Waals surface area contributed by atoms with E-state index in [0.717, 1.165) is 31.5 Å². The second-order valence-corrected chi connectivity index (χ2v) is 3.47. The maximum atomic E-state index is 13.3. The fraction of sp³-hybridized carbons (Fsp3) is 0.400. The van der Waals surface area contributed by atoms with E-state index in [1.54, 1.807) is 0 Å². The minimum atomic E-state index is -0.748. The van der Waals surface area contributed by atoms with Crippen molar-refractivity contribution in [3.05, 3.63) is 29.3 Å². The van der Waals surface area contributed by atoms with Crippen LogP contribution in [0.15, 0.2) is 12.1 Å². The Morgan fingerprint density at radius 1 is 1.36 bits per heavy atom. The zero-order chi connectivity index (χ0) is 10.1. The Kier molecular flexibility index (Phi) is 2.37. The van der Waals surface area contributed by atoms with Crippen LogP contribution in [0.1, 0.15) is 24.4 Å². The van der Waals surface area contributed by atoms with Crippen molar-refractivity contribution >= 4 is 0 Å². The molecule has 2 N–H and O–H groups in total. The summed E-state index contributed by atoms with van der Waals surface area (Å²) >= 11 is 0. The standard InChI is InChI=1S/C10H11F2NO/c11-6-4-7(12)10(9(14)5-6)8-2-1-3-13-8/h4-5,8,13-14H,1-3H2/t8-/m0/s1. The molecule has 1 aliphatic rings. The van der Waals surface area contributed by atoms with Gasteiger partial charge in [0.1, 0.15) is 17.4 Å². The van der Waals surface area contributed by atoms with Crippen molar-refractivity contribution in [2.24, 2.45) is 0 Å². The molecule has 2 nitrogen and oxygen atoms in total. The molecule has 4 heteroatoms. The van der Waals surface area contributed by atoms with Crippen LogP contribution in [0.25, 0.3) is 0 Å². The van der Waals surface area contributed by atoms with Gasteiger partial charge in [-0.3, -0.25) is 0 Å². The summed E-state index contributed by atoms with van der Waals surface area (Å²) in [5, 5.41) is 12.5. The molecule has 1 aromatic rings. The van der Waals surface area contributed by atoms with Gasteiger partial charge in [-0.2, -0.15) is 0 Å². The second kappa shape index (κ2) is 3.53. The third-order valence-electron chi connectivity index (χ3n) is 2.48. The van der Waals surface area contributed by atoms with Gasteiger partial charge in [0.25, 0.3) is 0 Å². The maximum absolute atomic E-state index is 13.3. The van der Waals surface area contributed by atoms with E-state index >= 15 is 0 Å². The minimum Gasteiger partial charge on any atom is -0.507 e. The SMILES string of the molecule is Oc1cc(F)cc(F)c1[C@@H]1CCCN1. The Bertz CT molecular complexity index is 325. The Balaban J connectivity index is 2.40. The second-order valence-electron chi connectivity index (χ2n) is 3.47. The molecule has 1 heterocycles. The number of hydrogen-bond donors (Lipinski definition) is 2. The normalized spacial score (nSPS) is 21.4. The molecule has 0 spiro atoms. The zero-order valence-electron chi connectivity index (χ0n) is 7.56. The molecular weight excluding hydrogens is 188 g/mol. The molecule has 0 unspecified atom stereocenters. The molecule has 2 rings (SSSR count). The number of benzene rings is 1. The van der Waals surface area contributed by atoms with Gasteiger partial charge in [0, 0.05) is 23.7 Å². The molecular formula is C10H11F2NO. The highest BCUT2D eigenvalue weighted by Crippen LogP contribution is 2.32. The largest absolute Gasteiger partial charge is 0.507 e. The van der Waals surface area contributed by atoms with Gasteiger partial charge in [-0.15, -0.1) is 0 Å². The molecule has 1 aromatic carbocycles. The summed E-state index contributed by atoms with van der Waals surface area (Å²) in [5.41, 5.74) is 0.184. The first-order chi connectivity index (χ1) is 6.68. The Labute approximate surface area is 80.6 Å². The van der Waals surface area contributed by atoms with Crippen LogP contribution in [0, 0.1) is 11.6 Å². The van der Waals surface area contributed by atoms with Gasteiger partial charge < -0.3 is 10.4 Å². The highest BCUT2D eigenvalue weighted by atomic mass is 19.1. The Morgan fingerprint density at radius 2 is 2.14 bits per heavy atom. The summed E-state index contributed by atoms with van der Waals surface area (Å²) in [7, 11) is 0. The van der Waals surface area contributed by atoms with E-state index < -0.39 is 11.6 Å². The van der Waals surface area contributed by atoms with Gasteiger partial charge >= 0.3 is 0 Å². The molecule has 1 saturated heterocycles. The fourth-order valence-corrected chi connectivity index (χ4v) is 1.85. The molecule has 0 aliphatic carbocycles. The predicted molar refractivity (Wildman–Crippen MR) is 48.0 cm³/mol. The van der Waals surface area contributed by atoms with Crippen LogP contribution < -0.4 is 5.32 Å². The van der Waals surface area contributed by atoms with Crippen molar-refractivity contribution in [3.8, 4) is 5.75 Å². The van der Waals surface area contributed by atoms with E-state index in [1.807, 2.05) is 0 Å². The van der Waals surface area contributed by atoms with E-state index in [4.69, 9.17) is 0 Å². The van der Waals surface area contributed by atoms with Gasteiger partial charge in [0.15, 0.2) is 0 Å². The van der Waals surface area contributed by atoms with Crippen LogP contribution in [0.3, 0.4) is 0 Å². The first-order valence-electron chi connectivity index (χ1n) is 4.60. The lowest BCUT2D eigenvalue weighted by Crippen LogP contribution is -2.14. The third-order valence-corrected chi connectivity index (χ3v) is 2.48. The highest BCUT2D eigenvalue weighted by Gasteiger charge is 2.23. The number of phenols is 1. The van der Waals surface area contributed by atoms with Crippen molar-refractivity contribution in [1.29, 1.82) is 0 Å². The van der Waals surface area contributed by atoms with Crippen LogP contribution >= 0.6 is 0 Å². The summed E-state index contributed by atoms with van der Waals surface area (Å²) in [6, 6.07) is 1.56. The lowest BCUT2D eigenvalue weighted by Gasteiger charge is -2.13. The summed E-state index contributed by atoms with van der Waals surface area (Å²) in [6.45, 7) is 0.806. The van der Waals surface area contributed by atoms with E-state index in [0.29, 0.717) is 0 Å². The predicted octanol–water partition coefficient (Wildman–Crippen LogP) is 2.09. The molecule has 0 aromatic heterocycles. The number of nitrogens with one attached hydrogen (secondary N) is 1. The van der Waals surface area contributed by atoms with Gasteiger partial charge in [-0.1, -0.05) is 0 Å². The van der Waals surface area contributed by atoms with E-state index in [-0.39, 0.29) is 17.4 Å². The van der Waals surface area contributed by atoms with Crippen LogP contribution in [0.2, 0.25) is 0 Å². The summed E-state index contributed by atoms with van der Waals surface area (Å²) in [5.74, 6) is -1.73. The quantitative estimate of drug-likeness (QED) is 0.725. The van der Waals surface area contributed by atoms with Gasteiger partial charge in [-0.05, 0) is 19.4 Å². The topological polar surface area (TPSA) is 32.3 Å². The molecule has 0 radical (unpaired) electrons. The van der Waals surface area contributed by atoms with Crippen LogP contribution in [0.4, 0.5) is 8.78 Å². The lowest BCUT2D eigenvalue weighted by molar-refractivity contribution is 0.434. The number of hydrogen-bond acceptors (Lipinski definition) is 2. The molecule has 1 atom stereocenters. The van der Waals surface area contributed by atoms with Crippen LogP contribution in [0.5, 0.6) is 5.75 Å². The van der Waals surface area contributed by atoms with E-state index in [1.165, 1.54) is 0 Å². The average Bonchev–Trinajstić information content (AvgIpc) is 2.54. The van der Waals surface area contributed by atoms with Crippen molar-refractivity contribution in [1.82, 2.24) is 5.32 Å². The first-order valence-corrected chi connectivity index (χ1v) is 4.60. The van der Waals surface area contributed by atoms with Crippen molar-refractivity contribution in [3.63, 3.8) is 0 Å². The molecule has 14 heavy (non-hydrogen) atoms. The fourth-order valence-electron chi connectivity index (χ4n) is 1.85. The Hall–Kier alpha value is -1.16. The van der Waals surface area contributed by atoms with Crippen molar-refractivity contribution in [2.45, 2.75) is 18.9 Å². The van der Waals surface area contributed by atoms with Crippen molar-refractivity contribution in [2.75, 3.05) is 6.54 Å². The Morgan fingerprint density at radius 3 is 2.71 bits per heavy atom. The van der Waals surface area contributed by atoms with Gasteiger partial charge in [0.05, 0.1) is 0 Å². The summed E-state index contributed by atoms with van der Waals surface area (Å²) < 4.78 is 26.0. The summed E-state index contributed by atoms with van der Waals surface area (Å²) in [6.07, 6.45) is 1.72. The molecule has 0 amide bonds. The van der Waals surface area contributed by atoms with Crippen molar-refractivity contribution < 1.29 is 13.9 Å². The zero-order valence-corrected chi connectivity index (χ0v) is 7.56. The number of rotatable bonds is 1.